The molecule has 2 aromatic heterocycles. The second-order valence-electron chi connectivity index (χ2n) is 6.02. The fourth-order valence-electron chi connectivity index (χ4n) is 2.40. The highest BCUT2D eigenvalue weighted by molar-refractivity contribution is 7.66. The molecule has 5 atom stereocenters. The van der Waals surface area contributed by atoms with Crippen LogP contribution in [0.4, 0.5) is 10.3 Å². The minimum absolute atomic E-state index is 0.177. The molecule has 0 saturated heterocycles. The molecule has 0 saturated carbocycles. The Labute approximate surface area is 182 Å². The number of fused-ring (bicyclic) bond motifs is 1. The van der Waals surface area contributed by atoms with Gasteiger partial charge < -0.3 is 35.2 Å². The molecule has 0 aliphatic rings. The summed E-state index contributed by atoms with van der Waals surface area (Å²) in [6.45, 7) is 0.109. The minimum atomic E-state index is -5.77. The average Bonchev–Trinajstić information content (AvgIpc) is 3.05. The maximum atomic E-state index is 15.0. The largest absolute Gasteiger partial charge is 0.490 e. The number of phosphoric acid groups is 3. The molecule has 2 heterocycles. The van der Waals surface area contributed by atoms with Crippen molar-refractivity contribution in [1.29, 1.82) is 0 Å². The van der Waals surface area contributed by atoms with Crippen LogP contribution in [0.25, 0.3) is 11.2 Å². The molecule has 0 aromatic carbocycles. The number of H-pyrrole nitrogens is 1. The number of nitrogen functional groups attached to an aromatic ring is 1. The lowest BCUT2D eigenvalue weighted by atomic mass is 10.2. The van der Waals surface area contributed by atoms with Crippen LogP contribution in [-0.2, 0) is 31.6 Å². The zero-order chi connectivity index (χ0) is 25.2. The summed E-state index contributed by atoms with van der Waals surface area (Å²) in [7, 11) is -16.9. The fourth-order valence-corrected chi connectivity index (χ4v) is 5.43. The van der Waals surface area contributed by atoms with Crippen LogP contribution in [0.2, 0.25) is 0 Å². The van der Waals surface area contributed by atoms with Crippen LogP contribution in [0.1, 0.15) is 13.2 Å². The lowest BCUT2D eigenvalue weighted by molar-refractivity contribution is -0.100. The molecule has 22 heteroatoms. The van der Waals surface area contributed by atoms with Crippen molar-refractivity contribution in [2.24, 2.45) is 0 Å². The number of imidazole rings is 1. The zero-order valence-corrected chi connectivity index (χ0v) is 19.0. The highest BCUT2D eigenvalue weighted by Crippen LogP contribution is 2.66. The first-order valence-electron chi connectivity index (χ1n) is 8.49. The number of anilines is 1. The van der Waals surface area contributed by atoms with Crippen molar-refractivity contribution >= 4 is 40.6 Å². The summed E-state index contributed by atoms with van der Waals surface area (Å²) in [5, 5.41) is 10.3. The molecule has 33 heavy (non-hydrogen) atoms. The van der Waals surface area contributed by atoms with E-state index in [4.69, 9.17) is 25.2 Å². The molecule has 0 spiro atoms. The molecule has 2 unspecified atom stereocenters. The normalized spacial score (nSPS) is 19.0. The number of aliphatic hydroxyl groups is 1. The molecule has 2 aromatic rings. The van der Waals surface area contributed by atoms with Gasteiger partial charge in [-0.3, -0.25) is 18.9 Å². The Bertz CT molecular complexity index is 1180. The van der Waals surface area contributed by atoms with E-state index in [0.717, 1.165) is 6.33 Å². The molecule has 0 aliphatic carbocycles. The Morgan fingerprint density at radius 1 is 1.21 bits per heavy atom. The standard InChI is InChI=1S/C11H19FN5O13P3/c1-2-27-5(3-28-32(23,24)30-33(25,26)29-31(20,21)22)7(18)8(12)17-4-14-6-9(17)15-11(13)16-10(6)19/h4-5,7-8,18H,2-3H2,1H3,(H,23,24)(H,25,26)(H2,20,21,22)(H3,13,15,16,19)/t5-,7-,8+/m1/s1. The van der Waals surface area contributed by atoms with E-state index >= 15 is 0 Å². The van der Waals surface area contributed by atoms with E-state index in [1.165, 1.54) is 6.92 Å². The van der Waals surface area contributed by atoms with Gasteiger partial charge in [0.05, 0.1) is 12.9 Å². The van der Waals surface area contributed by atoms with Gasteiger partial charge in [0.1, 0.15) is 12.2 Å². The minimum Gasteiger partial charge on any atom is -0.385 e. The number of ether oxygens (including phenoxy) is 1. The number of phosphoric ester groups is 1. The molecular weight excluding hydrogens is 522 g/mol. The third-order valence-electron chi connectivity index (χ3n) is 3.58. The van der Waals surface area contributed by atoms with E-state index in [-0.39, 0.29) is 23.7 Å². The van der Waals surface area contributed by atoms with Crippen LogP contribution in [0.5, 0.6) is 0 Å². The molecule has 188 valence electrons. The highest BCUT2D eigenvalue weighted by atomic mass is 31.3. The third-order valence-corrected chi connectivity index (χ3v) is 7.38. The second-order valence-corrected chi connectivity index (χ2v) is 10.4. The Hall–Kier alpha value is -1.59. The Kier molecular flexibility index (Phi) is 8.67. The van der Waals surface area contributed by atoms with Crippen LogP contribution >= 0.6 is 23.5 Å². The molecule has 18 nitrogen and oxygen atoms in total. The predicted octanol–water partition coefficient (Wildman–Crippen LogP) is -0.721. The van der Waals surface area contributed by atoms with Crippen LogP contribution in [0.3, 0.4) is 0 Å². The van der Waals surface area contributed by atoms with Crippen molar-refractivity contribution < 1.29 is 60.6 Å². The molecule has 0 bridgehead atoms. The Morgan fingerprint density at radius 3 is 2.42 bits per heavy atom. The van der Waals surface area contributed by atoms with Gasteiger partial charge in [-0.2, -0.15) is 13.6 Å². The first-order chi connectivity index (χ1) is 15.1. The summed E-state index contributed by atoms with van der Waals surface area (Å²) in [5.41, 5.74) is 3.98. The summed E-state index contributed by atoms with van der Waals surface area (Å²) >= 11 is 0. The number of alkyl halides is 1. The number of nitrogens with one attached hydrogen (secondary N) is 1. The summed E-state index contributed by atoms with van der Waals surface area (Å²) < 4.78 is 65.9. The lowest BCUT2D eigenvalue weighted by Crippen LogP contribution is -2.38. The first-order valence-corrected chi connectivity index (χ1v) is 13.0. The SMILES string of the molecule is CCO[C@H](COP(=O)(O)OP(=O)(O)OP(=O)(O)O)[C@@H](O)[C@@H](F)n1cnc2c(=O)[nH]c(N)nc21. The molecule has 0 amide bonds. The number of rotatable bonds is 12. The molecule has 8 N–H and O–H groups in total. The van der Waals surface area contributed by atoms with E-state index in [1.807, 2.05) is 0 Å². The Balaban J connectivity index is 2.18. The Morgan fingerprint density at radius 2 is 1.85 bits per heavy atom. The van der Waals surface area contributed by atoms with Gasteiger partial charge in [-0.05, 0) is 6.92 Å². The molecule has 0 aliphatic heterocycles. The number of nitrogens with zero attached hydrogens (tertiary/aromatic N) is 3. The topological polar surface area (TPSA) is 279 Å². The van der Waals surface area contributed by atoms with Gasteiger partial charge in [0.2, 0.25) is 12.2 Å². The van der Waals surface area contributed by atoms with Gasteiger partial charge in [-0.1, -0.05) is 0 Å². The summed E-state index contributed by atoms with van der Waals surface area (Å²) in [6.07, 6.45) is -5.46. The molecule has 0 fully saturated rings. The van der Waals surface area contributed by atoms with E-state index in [2.05, 4.69) is 28.1 Å². The lowest BCUT2D eigenvalue weighted by Gasteiger charge is -2.26. The number of nitrogens with two attached hydrogens (primary N) is 1. The van der Waals surface area contributed by atoms with Crippen molar-refractivity contribution in [2.75, 3.05) is 18.9 Å². The number of aromatic nitrogens is 4. The molecule has 2 rings (SSSR count). The van der Waals surface area contributed by atoms with E-state index in [0.29, 0.717) is 4.57 Å². The molecular formula is C11H19FN5O13P3. The van der Waals surface area contributed by atoms with Crippen molar-refractivity contribution in [3.05, 3.63) is 16.7 Å². The maximum Gasteiger partial charge on any atom is 0.490 e. The van der Waals surface area contributed by atoms with E-state index < -0.39 is 54.1 Å². The highest BCUT2D eigenvalue weighted by Gasteiger charge is 2.42. The van der Waals surface area contributed by atoms with Gasteiger partial charge in [0, 0.05) is 6.61 Å². The van der Waals surface area contributed by atoms with Crippen molar-refractivity contribution in [2.45, 2.75) is 25.4 Å². The summed E-state index contributed by atoms with van der Waals surface area (Å²) in [4.78, 5) is 57.0. The number of aliphatic hydroxyl groups excluding tert-OH is 1. The predicted molar refractivity (Wildman–Crippen MR) is 104 cm³/mol. The fraction of sp³-hybridized carbons (Fsp3) is 0.545. The van der Waals surface area contributed by atoms with E-state index in [9.17, 15) is 32.9 Å². The van der Waals surface area contributed by atoms with Gasteiger partial charge in [-0.15, -0.1) is 0 Å². The number of hydrogen-bond acceptors (Lipinski definition) is 12. The van der Waals surface area contributed by atoms with Crippen LogP contribution in [0, 0.1) is 0 Å². The van der Waals surface area contributed by atoms with Crippen molar-refractivity contribution in [1.82, 2.24) is 19.5 Å². The van der Waals surface area contributed by atoms with E-state index in [1.54, 1.807) is 0 Å². The van der Waals surface area contributed by atoms with Crippen LogP contribution in [0.15, 0.2) is 11.1 Å². The summed E-state index contributed by atoms with van der Waals surface area (Å²) in [6, 6.07) is 0. The quantitative estimate of drug-likeness (QED) is 0.163. The van der Waals surface area contributed by atoms with Crippen LogP contribution < -0.4 is 11.3 Å². The zero-order valence-electron chi connectivity index (χ0n) is 16.4. The monoisotopic (exact) mass is 541 g/mol. The first kappa shape index (κ1) is 27.7. The number of hydrogen-bond donors (Lipinski definition) is 7. The maximum absolute atomic E-state index is 15.0. The van der Waals surface area contributed by atoms with Crippen LogP contribution in [-0.4, -0.2) is 69.6 Å². The smallest absolute Gasteiger partial charge is 0.385 e. The molecule has 0 radical (unpaired) electrons. The van der Waals surface area contributed by atoms with Gasteiger partial charge in [0.15, 0.2) is 11.2 Å². The summed E-state index contributed by atoms with van der Waals surface area (Å²) in [5.74, 6) is -0.370. The van der Waals surface area contributed by atoms with Gasteiger partial charge in [0.25, 0.3) is 5.56 Å². The average molecular weight is 541 g/mol. The second kappa shape index (κ2) is 10.4. The van der Waals surface area contributed by atoms with Crippen molar-refractivity contribution in [3.63, 3.8) is 0 Å². The van der Waals surface area contributed by atoms with Gasteiger partial charge >= 0.3 is 23.5 Å². The number of halogens is 1. The van der Waals surface area contributed by atoms with Crippen molar-refractivity contribution in [3.8, 4) is 0 Å². The third kappa shape index (κ3) is 7.71. The van der Waals surface area contributed by atoms with Gasteiger partial charge in [-0.25, -0.2) is 23.1 Å². The number of aromatic amines is 1.